The molecule has 19 heteroatoms. The Hall–Kier alpha value is -2.68. The zero-order chi connectivity index (χ0) is 33.3. The molecule has 0 aromatic carbocycles. The van der Waals surface area contributed by atoms with Crippen LogP contribution in [-0.4, -0.2) is 115 Å². The van der Waals surface area contributed by atoms with Gasteiger partial charge in [-0.2, -0.15) is 25.3 Å². The van der Waals surface area contributed by atoms with Crippen molar-refractivity contribution in [1.29, 1.82) is 0 Å². The van der Waals surface area contributed by atoms with E-state index in [-0.39, 0.29) is 36.3 Å². The highest BCUT2D eigenvalue weighted by atomic mass is 32.1. The van der Waals surface area contributed by atoms with Gasteiger partial charge in [-0.25, -0.2) is 0 Å². The molecule has 0 amide bonds. The number of carbonyl (C=O) groups is 6. The van der Waals surface area contributed by atoms with Crippen molar-refractivity contribution < 1.29 is 59.4 Å². The molecule has 0 radical (unpaired) electrons. The first kappa shape index (κ1) is 45.3. The third kappa shape index (κ3) is 30.1. The van der Waals surface area contributed by atoms with E-state index in [9.17, 15) is 28.8 Å². The molecule has 0 spiro atoms. The van der Waals surface area contributed by atoms with Crippen LogP contribution in [0, 0.1) is 5.92 Å². The van der Waals surface area contributed by atoms with Crippen molar-refractivity contribution >= 4 is 61.1 Å². The van der Waals surface area contributed by atoms with Gasteiger partial charge in [0, 0.05) is 17.9 Å². The van der Waals surface area contributed by atoms with E-state index in [2.05, 4.69) is 30.6 Å². The Kier molecular flexibility index (Phi) is 30.4. The predicted octanol–water partition coefficient (Wildman–Crippen LogP) is -1.81. The van der Waals surface area contributed by atoms with Crippen LogP contribution in [0.4, 0.5) is 0 Å². The van der Waals surface area contributed by atoms with Crippen LogP contribution < -0.4 is 28.3 Å². The highest BCUT2D eigenvalue weighted by Gasteiger charge is 2.20. The summed E-state index contributed by atoms with van der Waals surface area (Å²) in [6.07, 6.45) is 2.37. The lowest BCUT2D eigenvalue weighted by atomic mass is 10.0. The van der Waals surface area contributed by atoms with Crippen molar-refractivity contribution in [2.75, 3.05) is 18.1 Å². The Morgan fingerprint density at radius 2 is 1.20 bits per heavy atom. The summed E-state index contributed by atoms with van der Waals surface area (Å²) in [5, 5.41) is 51.9. The second kappa shape index (κ2) is 27.5. The fraction of sp³-hybridized carbons (Fsp3) is 0.727. The largest absolute Gasteiger partial charge is 0.481 e. The first-order valence-corrected chi connectivity index (χ1v) is 13.4. The number of thiol groups is 2. The average Bonchev–Trinajstić information content (AvgIpc) is 3.46. The van der Waals surface area contributed by atoms with Crippen LogP contribution in [0.5, 0.6) is 0 Å². The maximum absolute atomic E-state index is 10.2. The predicted molar refractivity (Wildman–Crippen MR) is 155 cm³/mol. The van der Waals surface area contributed by atoms with E-state index in [1.165, 1.54) is 0 Å². The van der Waals surface area contributed by atoms with Crippen LogP contribution in [0.15, 0.2) is 0 Å². The molecule has 1 rings (SSSR count). The molecule has 1 aliphatic rings. The zero-order valence-corrected chi connectivity index (χ0v) is 24.7. The van der Waals surface area contributed by atoms with E-state index < -0.39 is 60.0 Å². The van der Waals surface area contributed by atoms with E-state index in [1.54, 1.807) is 0 Å². The first-order chi connectivity index (χ1) is 18.8. The number of rotatable bonds is 12. The molecule has 15 N–H and O–H groups in total. The van der Waals surface area contributed by atoms with Crippen molar-refractivity contribution in [2.24, 2.45) is 28.9 Å². The van der Waals surface area contributed by atoms with Gasteiger partial charge in [0.25, 0.3) is 0 Å². The summed E-state index contributed by atoms with van der Waals surface area (Å²) in [5.41, 5.74) is 20.2. The van der Waals surface area contributed by atoms with E-state index in [4.69, 9.17) is 53.6 Å². The van der Waals surface area contributed by atoms with E-state index in [0.717, 1.165) is 25.8 Å². The van der Waals surface area contributed by atoms with Gasteiger partial charge in [0.15, 0.2) is 0 Å². The monoisotopic (exact) mass is 635 g/mol. The number of nitrogens with two attached hydrogens (primary N) is 4. The van der Waals surface area contributed by atoms with Crippen LogP contribution in [0.1, 0.15) is 46.0 Å². The Balaban J connectivity index is -0.000000210. The molecule has 0 bridgehead atoms. The van der Waals surface area contributed by atoms with Crippen molar-refractivity contribution in [1.82, 2.24) is 5.32 Å². The molecule has 0 aliphatic carbocycles. The van der Waals surface area contributed by atoms with Gasteiger partial charge >= 0.3 is 35.8 Å². The van der Waals surface area contributed by atoms with Crippen molar-refractivity contribution in [3.8, 4) is 0 Å². The zero-order valence-electron chi connectivity index (χ0n) is 23.0. The van der Waals surface area contributed by atoms with Gasteiger partial charge < -0.3 is 58.9 Å². The standard InChI is InChI=1S/C6H13NO2.C5H9NO4.C5H9NO2.2C3H7NO2S/c1-3-4(2)5(7)6(8)9;6-3(5(9)10)1-2-4(7)8;7-5(8)4-2-1-3-6-4;2*4-2(1-7)3(5)6/h4-5H,3,7H2,1-2H3,(H,8,9);3H,1-2,6H2,(H,7,8)(H,9,10);4,6H,1-3H2,(H,7,8);2*2,7H,1,4H2,(H,5,6)/t;;4-;;/m..0../s1. The molecule has 0 saturated carbocycles. The minimum atomic E-state index is -1.17. The molecule has 41 heavy (non-hydrogen) atoms. The van der Waals surface area contributed by atoms with Crippen molar-refractivity contribution in [3.05, 3.63) is 0 Å². The van der Waals surface area contributed by atoms with Crippen LogP contribution in [-0.2, 0) is 28.8 Å². The molecule has 5 unspecified atom stereocenters. The number of aliphatic carboxylic acids is 6. The first-order valence-electron chi connectivity index (χ1n) is 12.1. The van der Waals surface area contributed by atoms with Crippen molar-refractivity contribution in [3.63, 3.8) is 0 Å². The van der Waals surface area contributed by atoms with Crippen LogP contribution in [0.2, 0.25) is 0 Å². The smallest absolute Gasteiger partial charge is 0.321 e. The van der Waals surface area contributed by atoms with Gasteiger partial charge in [-0.1, -0.05) is 20.3 Å². The normalized spacial score (nSPS) is 16.8. The highest BCUT2D eigenvalue weighted by molar-refractivity contribution is 7.80. The van der Waals surface area contributed by atoms with Crippen LogP contribution in [0.25, 0.3) is 0 Å². The molecule has 1 aliphatic heterocycles. The topological polar surface area (TPSA) is 340 Å². The summed E-state index contributed by atoms with van der Waals surface area (Å²) in [6.45, 7) is 4.61. The molecule has 0 aromatic heterocycles. The molecule has 1 fully saturated rings. The number of hydrogen-bond acceptors (Lipinski definition) is 13. The van der Waals surface area contributed by atoms with Crippen molar-refractivity contribution in [2.45, 2.75) is 76.2 Å². The van der Waals surface area contributed by atoms with E-state index in [0.29, 0.717) is 0 Å². The maximum atomic E-state index is 10.2. The fourth-order valence-electron chi connectivity index (χ4n) is 1.95. The minimum Gasteiger partial charge on any atom is -0.481 e. The third-order valence-corrected chi connectivity index (χ3v) is 5.70. The molecule has 1 saturated heterocycles. The van der Waals surface area contributed by atoms with Crippen LogP contribution in [0.3, 0.4) is 0 Å². The summed E-state index contributed by atoms with van der Waals surface area (Å²) in [6, 6.07) is -3.66. The highest BCUT2D eigenvalue weighted by Crippen LogP contribution is 2.04. The molecule has 0 aromatic rings. The van der Waals surface area contributed by atoms with Gasteiger partial charge in [-0.05, 0) is 31.7 Å². The molecule has 6 atom stereocenters. The van der Waals surface area contributed by atoms with Gasteiger partial charge in [0.1, 0.15) is 30.2 Å². The van der Waals surface area contributed by atoms with Gasteiger partial charge in [-0.15, -0.1) is 0 Å². The van der Waals surface area contributed by atoms with Gasteiger partial charge in [0.2, 0.25) is 0 Å². The lowest BCUT2D eigenvalue weighted by Gasteiger charge is -2.11. The number of carboxylic acid groups (broad SMARTS) is 6. The molecular weight excluding hydrogens is 590 g/mol. The van der Waals surface area contributed by atoms with E-state index in [1.807, 2.05) is 13.8 Å². The Labute approximate surface area is 248 Å². The lowest BCUT2D eigenvalue weighted by molar-refractivity contribution is -0.141. The molecule has 242 valence electrons. The molecular formula is C22H45N5O12S2. The SMILES string of the molecule is CCC(C)C(N)C(=O)O.NC(CCC(=O)O)C(=O)O.NC(CS)C(=O)O.NC(CS)C(=O)O.O=C(O)[C@@H]1CCCN1. The molecule has 17 nitrogen and oxygen atoms in total. The summed E-state index contributed by atoms with van der Waals surface area (Å²) in [4.78, 5) is 59.7. The number of carboxylic acids is 6. The third-order valence-electron chi connectivity index (χ3n) is 4.91. The Bertz CT molecular complexity index is 768. The number of hydrogen-bond donors (Lipinski definition) is 13. The summed E-state index contributed by atoms with van der Waals surface area (Å²) in [5.74, 6) is -5.39. The van der Waals surface area contributed by atoms with Gasteiger partial charge in [0.05, 0.1) is 0 Å². The average molecular weight is 636 g/mol. The summed E-state index contributed by atoms with van der Waals surface area (Å²) < 4.78 is 0. The summed E-state index contributed by atoms with van der Waals surface area (Å²) in [7, 11) is 0. The number of nitrogens with one attached hydrogen (secondary N) is 1. The van der Waals surface area contributed by atoms with Gasteiger partial charge in [-0.3, -0.25) is 28.8 Å². The Morgan fingerprint density at radius 1 is 0.780 bits per heavy atom. The molecule has 1 heterocycles. The maximum Gasteiger partial charge on any atom is 0.321 e. The fourth-order valence-corrected chi connectivity index (χ4v) is 2.26. The Morgan fingerprint density at radius 3 is 1.34 bits per heavy atom. The second-order valence-electron chi connectivity index (χ2n) is 8.37. The lowest BCUT2D eigenvalue weighted by Crippen LogP contribution is -2.36. The second-order valence-corrected chi connectivity index (χ2v) is 9.10. The van der Waals surface area contributed by atoms with E-state index >= 15 is 0 Å². The summed E-state index contributed by atoms with van der Waals surface area (Å²) >= 11 is 7.30. The minimum absolute atomic E-state index is 0.0231. The van der Waals surface area contributed by atoms with Crippen LogP contribution >= 0.6 is 25.3 Å². The quantitative estimate of drug-likeness (QED) is 0.105.